The number of halogens is 3. The van der Waals surface area contributed by atoms with Gasteiger partial charge in [0, 0.05) is 5.69 Å². The Kier molecular flexibility index (Phi) is 4.47. The number of carbonyl (C=O) groups excluding carboxylic acids is 2. The molecule has 1 rings (SSSR count). The number of hydrogen-bond acceptors (Lipinski definition) is 4. The minimum absolute atomic E-state index is 0.00774. The number of nitrogens with one attached hydrogen (secondary N) is 1. The summed E-state index contributed by atoms with van der Waals surface area (Å²) in [7, 11) is 0. The Bertz CT molecular complexity index is 500. The quantitative estimate of drug-likeness (QED) is 0.661. The van der Waals surface area contributed by atoms with Crippen molar-refractivity contribution >= 4 is 17.6 Å². The lowest BCUT2D eigenvalue weighted by Crippen LogP contribution is -2.25. The summed E-state index contributed by atoms with van der Waals surface area (Å²) in [6.45, 7) is 2.69. The molecule has 0 atom stereocenters. The summed E-state index contributed by atoms with van der Waals surface area (Å²) >= 11 is 0. The number of carbonyl (C=O) groups is 2. The van der Waals surface area contributed by atoms with Crippen LogP contribution in [0.5, 0.6) is 0 Å². The summed E-state index contributed by atoms with van der Waals surface area (Å²) in [6.07, 6.45) is -3.55. The zero-order valence-electron chi connectivity index (χ0n) is 10.2. The summed E-state index contributed by atoms with van der Waals surface area (Å²) < 4.78 is 42.2. The second-order valence-corrected chi connectivity index (χ2v) is 3.53. The van der Waals surface area contributed by atoms with Crippen molar-refractivity contribution in [1.82, 2.24) is 4.98 Å². The molecule has 1 aromatic heterocycles. The van der Waals surface area contributed by atoms with Gasteiger partial charge in [-0.25, -0.2) is 4.79 Å². The Hall–Kier alpha value is -2.12. The third-order valence-electron chi connectivity index (χ3n) is 2.11. The number of esters is 1. The van der Waals surface area contributed by atoms with E-state index in [1.807, 2.05) is 5.32 Å². The smallest absolute Gasteiger partial charge is 0.418 e. The molecule has 0 aromatic carbocycles. The minimum atomic E-state index is -4.58. The fourth-order valence-electron chi connectivity index (χ4n) is 1.27. The Morgan fingerprint density at radius 2 is 2.05 bits per heavy atom. The van der Waals surface area contributed by atoms with Gasteiger partial charge in [-0.15, -0.1) is 0 Å². The SMILES string of the molecule is CCOC(=O)C(=O)Nc1cnc(C)c(C(F)(F)F)c1. The molecule has 0 radical (unpaired) electrons. The van der Waals surface area contributed by atoms with Crippen molar-refractivity contribution in [3.8, 4) is 0 Å². The van der Waals surface area contributed by atoms with Crippen LogP contribution in [-0.2, 0) is 20.5 Å². The van der Waals surface area contributed by atoms with Crippen molar-refractivity contribution in [2.45, 2.75) is 20.0 Å². The third-order valence-corrected chi connectivity index (χ3v) is 2.11. The van der Waals surface area contributed by atoms with Crippen LogP contribution in [0.3, 0.4) is 0 Å². The molecule has 0 unspecified atom stereocenters. The highest BCUT2D eigenvalue weighted by atomic mass is 19.4. The average Bonchev–Trinajstić information content (AvgIpc) is 2.30. The van der Waals surface area contributed by atoms with Crippen LogP contribution in [0.25, 0.3) is 0 Å². The molecule has 1 heterocycles. The van der Waals surface area contributed by atoms with Gasteiger partial charge in [0.05, 0.1) is 24.1 Å². The largest absolute Gasteiger partial charge is 0.459 e. The van der Waals surface area contributed by atoms with Gasteiger partial charge in [-0.1, -0.05) is 0 Å². The van der Waals surface area contributed by atoms with E-state index in [1.165, 1.54) is 13.8 Å². The number of nitrogens with zero attached hydrogens (tertiary/aromatic N) is 1. The van der Waals surface area contributed by atoms with Crippen LogP contribution in [0, 0.1) is 6.92 Å². The fourth-order valence-corrected chi connectivity index (χ4v) is 1.27. The summed E-state index contributed by atoms with van der Waals surface area (Å²) in [6, 6.07) is 0.708. The molecule has 104 valence electrons. The van der Waals surface area contributed by atoms with E-state index in [4.69, 9.17) is 0 Å². The molecule has 19 heavy (non-hydrogen) atoms. The molecule has 0 bridgehead atoms. The highest BCUT2D eigenvalue weighted by molar-refractivity contribution is 6.37. The molecule has 0 aliphatic rings. The molecule has 1 N–H and O–H groups in total. The van der Waals surface area contributed by atoms with E-state index < -0.39 is 23.6 Å². The standard InChI is InChI=1S/C11H11F3N2O3/c1-3-19-10(18)9(17)16-7-4-8(11(12,13)14)6(2)15-5-7/h4-5H,3H2,1-2H3,(H,16,17). The van der Waals surface area contributed by atoms with Gasteiger partial charge in [-0.05, 0) is 19.9 Å². The van der Waals surface area contributed by atoms with Gasteiger partial charge in [-0.2, -0.15) is 13.2 Å². The van der Waals surface area contributed by atoms with Gasteiger partial charge in [0.1, 0.15) is 0 Å². The zero-order chi connectivity index (χ0) is 14.6. The number of aryl methyl sites for hydroxylation is 1. The monoisotopic (exact) mass is 276 g/mol. The highest BCUT2D eigenvalue weighted by Gasteiger charge is 2.33. The first-order valence-corrected chi connectivity index (χ1v) is 5.27. The molecule has 0 saturated heterocycles. The van der Waals surface area contributed by atoms with E-state index in [-0.39, 0.29) is 18.0 Å². The number of amides is 1. The zero-order valence-corrected chi connectivity index (χ0v) is 10.2. The van der Waals surface area contributed by atoms with Crippen molar-refractivity contribution in [2.24, 2.45) is 0 Å². The second kappa shape index (κ2) is 5.68. The molecule has 0 spiro atoms. The van der Waals surface area contributed by atoms with E-state index in [0.717, 1.165) is 6.20 Å². The van der Waals surface area contributed by atoms with Crippen molar-refractivity contribution < 1.29 is 27.5 Å². The molecule has 5 nitrogen and oxygen atoms in total. The lowest BCUT2D eigenvalue weighted by Gasteiger charge is -2.11. The summed E-state index contributed by atoms with van der Waals surface area (Å²) in [5.74, 6) is -2.32. The Balaban J connectivity index is 2.92. The summed E-state index contributed by atoms with van der Waals surface area (Å²) in [4.78, 5) is 25.8. The molecule has 1 aromatic rings. The second-order valence-electron chi connectivity index (χ2n) is 3.53. The van der Waals surface area contributed by atoms with Gasteiger partial charge in [-0.3, -0.25) is 9.78 Å². The Morgan fingerprint density at radius 1 is 1.42 bits per heavy atom. The molecule has 0 aliphatic heterocycles. The van der Waals surface area contributed by atoms with Crippen LogP contribution in [0.2, 0.25) is 0 Å². The van der Waals surface area contributed by atoms with Crippen molar-refractivity contribution in [1.29, 1.82) is 0 Å². The number of ether oxygens (including phenoxy) is 1. The molecular weight excluding hydrogens is 265 g/mol. The van der Waals surface area contributed by atoms with Gasteiger partial charge >= 0.3 is 18.1 Å². The minimum Gasteiger partial charge on any atom is -0.459 e. The number of aromatic nitrogens is 1. The maximum absolute atomic E-state index is 12.6. The van der Waals surface area contributed by atoms with E-state index in [1.54, 1.807) is 0 Å². The maximum atomic E-state index is 12.6. The number of alkyl halides is 3. The van der Waals surface area contributed by atoms with Crippen LogP contribution in [0.1, 0.15) is 18.2 Å². The summed E-state index contributed by atoms with van der Waals surface area (Å²) in [5, 5.41) is 1.99. The molecule has 0 fully saturated rings. The van der Waals surface area contributed by atoms with Gasteiger partial charge in [0.15, 0.2) is 0 Å². The van der Waals surface area contributed by atoms with Crippen molar-refractivity contribution in [2.75, 3.05) is 11.9 Å². The number of hydrogen-bond donors (Lipinski definition) is 1. The normalized spacial score (nSPS) is 11.0. The molecular formula is C11H11F3N2O3. The molecule has 0 saturated carbocycles. The maximum Gasteiger partial charge on any atom is 0.418 e. The van der Waals surface area contributed by atoms with Crippen LogP contribution in [0.15, 0.2) is 12.3 Å². The van der Waals surface area contributed by atoms with Crippen molar-refractivity contribution in [3.63, 3.8) is 0 Å². The highest BCUT2D eigenvalue weighted by Crippen LogP contribution is 2.32. The first kappa shape index (κ1) is 14.9. The number of rotatable bonds is 2. The third kappa shape index (κ3) is 3.94. The van der Waals surface area contributed by atoms with E-state index in [2.05, 4.69) is 9.72 Å². The van der Waals surface area contributed by atoms with Crippen LogP contribution in [-0.4, -0.2) is 23.5 Å². The van der Waals surface area contributed by atoms with E-state index in [0.29, 0.717) is 6.07 Å². The predicted octanol–water partition coefficient (Wildman–Crippen LogP) is 1.91. The molecule has 1 amide bonds. The van der Waals surface area contributed by atoms with Crippen molar-refractivity contribution in [3.05, 3.63) is 23.5 Å². The first-order valence-electron chi connectivity index (χ1n) is 5.27. The number of anilines is 1. The lowest BCUT2D eigenvalue weighted by molar-refractivity contribution is -0.152. The van der Waals surface area contributed by atoms with E-state index in [9.17, 15) is 22.8 Å². The van der Waals surface area contributed by atoms with Crippen LogP contribution in [0.4, 0.5) is 18.9 Å². The van der Waals surface area contributed by atoms with Crippen LogP contribution >= 0.6 is 0 Å². The summed E-state index contributed by atoms with van der Waals surface area (Å²) in [5.41, 5.74) is -1.42. The molecule has 8 heteroatoms. The van der Waals surface area contributed by atoms with E-state index >= 15 is 0 Å². The lowest BCUT2D eigenvalue weighted by atomic mass is 10.2. The van der Waals surface area contributed by atoms with Crippen LogP contribution < -0.4 is 5.32 Å². The topological polar surface area (TPSA) is 68.3 Å². The number of pyridine rings is 1. The average molecular weight is 276 g/mol. The van der Waals surface area contributed by atoms with Gasteiger partial charge in [0.25, 0.3) is 0 Å². The molecule has 0 aliphatic carbocycles. The first-order chi connectivity index (χ1) is 8.75. The predicted molar refractivity (Wildman–Crippen MR) is 59.2 cm³/mol. The Labute approximate surface area is 106 Å². The van der Waals surface area contributed by atoms with Gasteiger partial charge in [0.2, 0.25) is 0 Å². The van der Waals surface area contributed by atoms with Gasteiger partial charge < -0.3 is 10.1 Å². The Morgan fingerprint density at radius 3 is 2.58 bits per heavy atom. The fraction of sp³-hybridized carbons (Fsp3) is 0.364.